The number of nitrogens with one attached hydrogen (secondary N) is 2. The van der Waals surface area contributed by atoms with Gasteiger partial charge in [0, 0.05) is 12.1 Å². The number of thioether (sulfide) groups is 1. The molecule has 20 heavy (non-hydrogen) atoms. The molecule has 0 aliphatic carbocycles. The smallest absolute Gasteiger partial charge is 0.251 e. The maximum absolute atomic E-state index is 12.3. The zero-order chi connectivity index (χ0) is 14.2. The highest BCUT2D eigenvalue weighted by Crippen LogP contribution is 2.22. The van der Waals surface area contributed by atoms with Crippen LogP contribution in [0.25, 0.3) is 0 Å². The zero-order valence-corrected chi connectivity index (χ0v) is 13.0. The molecule has 1 fully saturated rings. The van der Waals surface area contributed by atoms with E-state index < -0.39 is 0 Å². The summed E-state index contributed by atoms with van der Waals surface area (Å²) in [5, 5.41) is 6.25. The van der Waals surface area contributed by atoms with Gasteiger partial charge in [0.2, 0.25) is 0 Å². The van der Waals surface area contributed by atoms with Gasteiger partial charge >= 0.3 is 0 Å². The molecule has 0 aromatic heterocycles. The molecule has 0 saturated carbocycles. The topological polar surface area (TPSA) is 41.1 Å². The Morgan fingerprint density at radius 3 is 2.80 bits per heavy atom. The average molecular weight is 292 g/mol. The van der Waals surface area contributed by atoms with Gasteiger partial charge < -0.3 is 10.6 Å². The van der Waals surface area contributed by atoms with Crippen LogP contribution in [-0.4, -0.2) is 37.6 Å². The molecule has 3 nitrogen and oxygen atoms in total. The van der Waals surface area contributed by atoms with Crippen LogP contribution in [0.5, 0.6) is 0 Å². The van der Waals surface area contributed by atoms with Crippen molar-refractivity contribution in [2.75, 3.05) is 31.6 Å². The second-order valence-electron chi connectivity index (χ2n) is 5.28. The van der Waals surface area contributed by atoms with Crippen LogP contribution in [0.15, 0.2) is 24.3 Å². The van der Waals surface area contributed by atoms with Crippen molar-refractivity contribution in [2.24, 2.45) is 5.92 Å². The third-order valence-corrected chi connectivity index (χ3v) is 4.85. The Balaban J connectivity index is 1.90. The van der Waals surface area contributed by atoms with E-state index in [0.29, 0.717) is 5.92 Å². The van der Waals surface area contributed by atoms with E-state index in [1.165, 1.54) is 24.3 Å². The van der Waals surface area contributed by atoms with Crippen LogP contribution < -0.4 is 10.6 Å². The number of hydrogen-bond acceptors (Lipinski definition) is 3. The lowest BCUT2D eigenvalue weighted by atomic mass is 10.0. The highest BCUT2D eigenvalue weighted by atomic mass is 32.2. The Morgan fingerprint density at radius 1 is 1.30 bits per heavy atom. The maximum atomic E-state index is 12.3. The minimum absolute atomic E-state index is 0.0786. The molecule has 0 atom stereocenters. The van der Waals surface area contributed by atoms with Crippen molar-refractivity contribution in [3.05, 3.63) is 35.4 Å². The molecule has 1 heterocycles. The summed E-state index contributed by atoms with van der Waals surface area (Å²) in [6.45, 7) is 1.71. The highest BCUT2D eigenvalue weighted by Gasteiger charge is 2.16. The van der Waals surface area contributed by atoms with Gasteiger partial charge in [0.15, 0.2) is 0 Å². The van der Waals surface area contributed by atoms with Gasteiger partial charge in [-0.15, -0.1) is 0 Å². The van der Waals surface area contributed by atoms with E-state index in [1.807, 2.05) is 43.1 Å². The summed E-state index contributed by atoms with van der Waals surface area (Å²) in [5.74, 6) is 3.21. The first kappa shape index (κ1) is 15.4. The first-order chi connectivity index (χ1) is 9.81. The van der Waals surface area contributed by atoms with E-state index in [1.54, 1.807) is 0 Å². The number of carbonyl (C=O) groups is 1. The van der Waals surface area contributed by atoms with E-state index in [2.05, 4.69) is 10.6 Å². The summed E-state index contributed by atoms with van der Waals surface area (Å²) < 4.78 is 0. The van der Waals surface area contributed by atoms with Crippen molar-refractivity contribution >= 4 is 17.7 Å². The van der Waals surface area contributed by atoms with Crippen molar-refractivity contribution in [1.29, 1.82) is 0 Å². The number of likely N-dealkylation sites (N-methyl/N-ethyl adjacent to an activating group) is 1. The summed E-state index contributed by atoms with van der Waals surface area (Å²) in [7, 11) is 1.93. The second kappa shape index (κ2) is 8.32. The first-order valence-electron chi connectivity index (χ1n) is 7.39. The fourth-order valence-electron chi connectivity index (χ4n) is 2.50. The first-order valence-corrected chi connectivity index (χ1v) is 8.55. The monoisotopic (exact) mass is 292 g/mol. The van der Waals surface area contributed by atoms with Crippen molar-refractivity contribution < 1.29 is 4.79 Å². The zero-order valence-electron chi connectivity index (χ0n) is 12.2. The van der Waals surface area contributed by atoms with E-state index in [9.17, 15) is 4.79 Å². The van der Waals surface area contributed by atoms with Crippen molar-refractivity contribution in [1.82, 2.24) is 10.6 Å². The average Bonchev–Trinajstić information content (AvgIpc) is 2.52. The van der Waals surface area contributed by atoms with E-state index >= 15 is 0 Å². The predicted molar refractivity (Wildman–Crippen MR) is 86.5 cm³/mol. The van der Waals surface area contributed by atoms with Gasteiger partial charge in [0.05, 0.1) is 0 Å². The lowest BCUT2D eigenvalue weighted by Crippen LogP contribution is -2.31. The van der Waals surface area contributed by atoms with Gasteiger partial charge in [-0.2, -0.15) is 11.8 Å². The Labute approximate surface area is 125 Å². The van der Waals surface area contributed by atoms with E-state index in [0.717, 1.165) is 30.6 Å². The lowest BCUT2D eigenvalue weighted by molar-refractivity contribution is 0.0945. The Morgan fingerprint density at radius 2 is 2.05 bits per heavy atom. The summed E-state index contributed by atoms with van der Waals surface area (Å²) >= 11 is 2.02. The highest BCUT2D eigenvalue weighted by molar-refractivity contribution is 7.99. The molecule has 0 radical (unpaired) electrons. The molecule has 1 aromatic rings. The fourth-order valence-corrected chi connectivity index (χ4v) is 3.71. The number of carbonyl (C=O) groups excluding carboxylic acids is 1. The van der Waals surface area contributed by atoms with E-state index in [-0.39, 0.29) is 5.91 Å². The van der Waals surface area contributed by atoms with Gasteiger partial charge in [-0.1, -0.05) is 18.2 Å². The molecular weight excluding hydrogens is 268 g/mol. The molecule has 4 heteroatoms. The molecule has 0 spiro atoms. The Hall–Kier alpha value is -1.00. The molecule has 2 rings (SSSR count). The van der Waals surface area contributed by atoms with Crippen LogP contribution in [-0.2, 0) is 6.42 Å². The van der Waals surface area contributed by atoms with Gasteiger partial charge in [-0.25, -0.2) is 0 Å². The largest absolute Gasteiger partial charge is 0.352 e. The van der Waals surface area contributed by atoms with Crippen molar-refractivity contribution in [3.8, 4) is 0 Å². The molecule has 0 unspecified atom stereocenters. The summed E-state index contributed by atoms with van der Waals surface area (Å²) in [6.07, 6.45) is 3.35. The summed E-state index contributed by atoms with van der Waals surface area (Å²) in [5.41, 5.74) is 1.95. The number of benzene rings is 1. The molecule has 1 aliphatic heterocycles. The standard InChI is InChI=1S/C16H24N2OS/c1-17-9-6-14-4-2-3-5-15(14)16(19)18-12-13-7-10-20-11-8-13/h2-5,13,17H,6-12H2,1H3,(H,18,19). The van der Waals surface area contributed by atoms with Gasteiger partial charge in [0.25, 0.3) is 5.91 Å². The molecule has 1 aromatic carbocycles. The molecule has 2 N–H and O–H groups in total. The van der Waals surface area contributed by atoms with Crippen molar-refractivity contribution in [2.45, 2.75) is 19.3 Å². The minimum Gasteiger partial charge on any atom is -0.352 e. The molecule has 1 amide bonds. The SMILES string of the molecule is CNCCc1ccccc1C(=O)NCC1CCSCC1. The van der Waals surface area contributed by atoms with Gasteiger partial charge in [-0.05, 0) is 61.9 Å². The molecule has 1 saturated heterocycles. The van der Waals surface area contributed by atoms with Crippen LogP contribution in [0.1, 0.15) is 28.8 Å². The normalized spacial score (nSPS) is 16.1. The molecule has 110 valence electrons. The molecular formula is C16H24N2OS. The Kier molecular flexibility index (Phi) is 6.40. The third-order valence-electron chi connectivity index (χ3n) is 3.80. The van der Waals surface area contributed by atoms with E-state index in [4.69, 9.17) is 0 Å². The number of rotatable bonds is 6. The fraction of sp³-hybridized carbons (Fsp3) is 0.562. The van der Waals surface area contributed by atoms with Crippen LogP contribution in [0.2, 0.25) is 0 Å². The second-order valence-corrected chi connectivity index (χ2v) is 6.50. The third kappa shape index (κ3) is 4.53. The minimum atomic E-state index is 0.0786. The lowest BCUT2D eigenvalue weighted by Gasteiger charge is -2.21. The maximum Gasteiger partial charge on any atom is 0.251 e. The van der Waals surface area contributed by atoms with Gasteiger partial charge in [0.1, 0.15) is 0 Å². The summed E-state index contributed by atoms with van der Waals surface area (Å²) in [6, 6.07) is 7.91. The predicted octanol–water partition coefficient (Wildman–Crippen LogP) is 2.32. The van der Waals surface area contributed by atoms with Crippen molar-refractivity contribution in [3.63, 3.8) is 0 Å². The van der Waals surface area contributed by atoms with Crippen LogP contribution in [0.3, 0.4) is 0 Å². The van der Waals surface area contributed by atoms with Gasteiger partial charge in [-0.3, -0.25) is 4.79 Å². The van der Waals surface area contributed by atoms with Crippen LogP contribution in [0, 0.1) is 5.92 Å². The Bertz CT molecular complexity index is 430. The number of amides is 1. The number of hydrogen-bond donors (Lipinski definition) is 2. The molecule has 1 aliphatic rings. The summed E-state index contributed by atoms with van der Waals surface area (Å²) in [4.78, 5) is 12.3. The molecule has 0 bridgehead atoms. The van der Waals surface area contributed by atoms with Crippen LogP contribution >= 0.6 is 11.8 Å². The van der Waals surface area contributed by atoms with Crippen LogP contribution in [0.4, 0.5) is 0 Å². The quantitative estimate of drug-likeness (QED) is 0.845.